The lowest BCUT2D eigenvalue weighted by Crippen LogP contribution is -2.35. The highest BCUT2D eigenvalue weighted by Gasteiger charge is 2.23. The van der Waals surface area contributed by atoms with Crippen LogP contribution in [-0.2, 0) is 10.3 Å². The molecule has 0 spiro atoms. The van der Waals surface area contributed by atoms with Gasteiger partial charge < -0.3 is 5.11 Å². The van der Waals surface area contributed by atoms with Crippen LogP contribution in [0, 0.1) is 0 Å². The molecule has 1 atom stereocenters. The molecule has 0 aromatic heterocycles. The Morgan fingerprint density at radius 3 is 2.55 bits per heavy atom. The van der Waals surface area contributed by atoms with Crippen molar-refractivity contribution in [1.82, 2.24) is 4.31 Å². The van der Waals surface area contributed by atoms with Gasteiger partial charge in [0.15, 0.2) is 0 Å². The number of hydrogen-bond donors (Lipinski definition) is 2. The molecular weight excluding hydrogens is 172 g/mol. The van der Waals surface area contributed by atoms with Gasteiger partial charge in [-0.15, -0.1) is 0 Å². The Labute approximate surface area is 63.4 Å². The molecule has 11 heavy (non-hydrogen) atoms. The van der Waals surface area contributed by atoms with Crippen LogP contribution in [0.15, 0.2) is 17.3 Å². The van der Waals surface area contributed by atoms with E-state index in [-0.39, 0.29) is 0 Å². The normalized spacial score (nSPS) is 24.2. The highest BCUT2D eigenvalue weighted by Crippen LogP contribution is 2.07. The van der Waals surface area contributed by atoms with Crippen molar-refractivity contribution in [2.75, 3.05) is 0 Å². The number of rotatable bonds is 1. The number of nitrogens with zero attached hydrogens (tertiary/aromatic N) is 2. The Morgan fingerprint density at radius 1 is 1.55 bits per heavy atom. The van der Waals surface area contributed by atoms with E-state index in [4.69, 9.17) is 9.66 Å². The van der Waals surface area contributed by atoms with Crippen molar-refractivity contribution in [2.24, 2.45) is 4.99 Å². The summed E-state index contributed by atoms with van der Waals surface area (Å²) < 4.78 is 29.5. The van der Waals surface area contributed by atoms with Gasteiger partial charge in [0.05, 0.1) is 0 Å². The molecule has 0 aliphatic carbocycles. The highest BCUT2D eigenvalue weighted by atomic mass is 32.2. The van der Waals surface area contributed by atoms with E-state index >= 15 is 0 Å². The smallest absolute Gasteiger partial charge is 0.354 e. The third-order valence-electron chi connectivity index (χ3n) is 1.03. The second-order valence-electron chi connectivity index (χ2n) is 1.79. The molecule has 1 unspecified atom stereocenters. The molecule has 62 valence electrons. The van der Waals surface area contributed by atoms with Crippen LogP contribution in [-0.4, -0.2) is 34.9 Å². The molecule has 6 nitrogen and oxygen atoms in total. The molecule has 0 aromatic rings. The van der Waals surface area contributed by atoms with E-state index in [9.17, 15) is 8.42 Å². The summed E-state index contributed by atoms with van der Waals surface area (Å²) >= 11 is 0. The summed E-state index contributed by atoms with van der Waals surface area (Å²) in [6.07, 6.45) is 1.95. The standard InChI is InChI=1S/C4H6N2O4S/c7-4-5-2-1-3-6(4)11(8,9)10/h1-4,7H,(H,8,9,10). The number of aliphatic hydroxyl groups is 1. The third-order valence-corrected chi connectivity index (χ3v) is 1.88. The Kier molecular flexibility index (Phi) is 1.94. The fourth-order valence-corrected chi connectivity index (χ4v) is 1.11. The minimum Gasteiger partial charge on any atom is -0.354 e. The van der Waals surface area contributed by atoms with Crippen molar-refractivity contribution in [3.8, 4) is 0 Å². The van der Waals surface area contributed by atoms with Gasteiger partial charge in [-0.3, -0.25) is 4.55 Å². The summed E-state index contributed by atoms with van der Waals surface area (Å²) in [5, 5.41) is 8.84. The van der Waals surface area contributed by atoms with Gasteiger partial charge in [-0.2, -0.15) is 8.42 Å². The quantitative estimate of drug-likeness (QED) is 0.502. The molecule has 7 heteroatoms. The zero-order valence-corrected chi connectivity index (χ0v) is 6.14. The highest BCUT2D eigenvalue weighted by molar-refractivity contribution is 7.83. The molecule has 0 fully saturated rings. The first-order valence-electron chi connectivity index (χ1n) is 2.66. The largest absolute Gasteiger partial charge is 0.363 e. The van der Waals surface area contributed by atoms with Crippen LogP contribution >= 0.6 is 0 Å². The monoisotopic (exact) mass is 178 g/mol. The van der Waals surface area contributed by atoms with Crippen LogP contribution in [0.2, 0.25) is 0 Å². The molecular formula is C4H6N2O4S. The topological polar surface area (TPSA) is 90.2 Å². The van der Waals surface area contributed by atoms with Crippen molar-refractivity contribution in [1.29, 1.82) is 0 Å². The van der Waals surface area contributed by atoms with Crippen molar-refractivity contribution in [3.63, 3.8) is 0 Å². The minimum atomic E-state index is -4.39. The van der Waals surface area contributed by atoms with Gasteiger partial charge >= 0.3 is 10.3 Å². The SMILES string of the molecule is O=S(=O)(O)N1C=CC=NC1O. The van der Waals surface area contributed by atoms with E-state index < -0.39 is 16.7 Å². The van der Waals surface area contributed by atoms with E-state index in [1.54, 1.807) is 0 Å². The molecule has 0 radical (unpaired) electrons. The van der Waals surface area contributed by atoms with E-state index in [1.807, 2.05) is 0 Å². The predicted octanol–water partition coefficient (Wildman–Crippen LogP) is -1.03. The summed E-state index contributed by atoms with van der Waals surface area (Å²) in [6.45, 7) is 0. The number of aliphatic hydroxyl groups excluding tert-OH is 1. The lowest BCUT2D eigenvalue weighted by Gasteiger charge is -2.20. The fourth-order valence-electron chi connectivity index (χ4n) is 0.589. The van der Waals surface area contributed by atoms with Gasteiger partial charge in [-0.05, 0) is 6.08 Å². The summed E-state index contributed by atoms with van der Waals surface area (Å²) in [6, 6.07) is 0. The molecule has 0 bridgehead atoms. The van der Waals surface area contributed by atoms with Crippen LogP contribution in [0.25, 0.3) is 0 Å². The lowest BCUT2D eigenvalue weighted by atomic mass is 10.6. The second-order valence-corrected chi connectivity index (χ2v) is 3.11. The summed E-state index contributed by atoms with van der Waals surface area (Å²) in [5.41, 5.74) is 0. The molecule has 1 aliphatic rings. The van der Waals surface area contributed by atoms with Gasteiger partial charge in [0, 0.05) is 12.4 Å². The minimum absolute atomic E-state index is 0.326. The van der Waals surface area contributed by atoms with Gasteiger partial charge in [0.2, 0.25) is 6.35 Å². The molecule has 0 amide bonds. The van der Waals surface area contributed by atoms with Crippen molar-refractivity contribution < 1.29 is 18.1 Å². The molecule has 0 aromatic carbocycles. The summed E-state index contributed by atoms with van der Waals surface area (Å²) in [4.78, 5) is 3.31. The maximum absolute atomic E-state index is 10.4. The molecule has 2 N–H and O–H groups in total. The van der Waals surface area contributed by atoms with Crippen LogP contribution in [0.1, 0.15) is 0 Å². The van der Waals surface area contributed by atoms with Crippen LogP contribution in [0.3, 0.4) is 0 Å². The first-order valence-corrected chi connectivity index (χ1v) is 4.05. The lowest BCUT2D eigenvalue weighted by molar-refractivity contribution is 0.0919. The first kappa shape index (κ1) is 8.18. The maximum Gasteiger partial charge on any atom is 0.363 e. The van der Waals surface area contributed by atoms with Gasteiger partial charge in [0.25, 0.3) is 0 Å². The fraction of sp³-hybridized carbons (Fsp3) is 0.250. The Hall–Kier alpha value is -0.920. The molecule has 1 heterocycles. The average Bonchev–Trinajstić information content (AvgIpc) is 1.86. The van der Waals surface area contributed by atoms with E-state index in [0.717, 1.165) is 6.20 Å². The predicted molar refractivity (Wildman–Crippen MR) is 37.0 cm³/mol. The summed E-state index contributed by atoms with van der Waals surface area (Å²) in [7, 11) is -4.39. The third kappa shape index (κ3) is 1.76. The first-order chi connectivity index (χ1) is 5.02. The molecule has 0 saturated heterocycles. The maximum atomic E-state index is 10.4. The summed E-state index contributed by atoms with van der Waals surface area (Å²) in [5.74, 6) is 0. The second kappa shape index (κ2) is 2.61. The van der Waals surface area contributed by atoms with Gasteiger partial charge in [-0.25, -0.2) is 9.30 Å². The van der Waals surface area contributed by atoms with Crippen LogP contribution in [0.5, 0.6) is 0 Å². The van der Waals surface area contributed by atoms with Gasteiger partial charge in [-0.1, -0.05) is 0 Å². The average molecular weight is 178 g/mol. The Bertz CT molecular complexity index is 293. The van der Waals surface area contributed by atoms with Gasteiger partial charge in [0.1, 0.15) is 0 Å². The van der Waals surface area contributed by atoms with Crippen molar-refractivity contribution in [3.05, 3.63) is 12.3 Å². The van der Waals surface area contributed by atoms with Crippen molar-refractivity contribution in [2.45, 2.75) is 6.35 Å². The van der Waals surface area contributed by atoms with Crippen LogP contribution < -0.4 is 0 Å². The van der Waals surface area contributed by atoms with Crippen LogP contribution in [0.4, 0.5) is 0 Å². The molecule has 0 saturated carbocycles. The Morgan fingerprint density at radius 2 is 2.18 bits per heavy atom. The number of aliphatic imine (C=N–C) groups is 1. The van der Waals surface area contributed by atoms with E-state index in [0.29, 0.717) is 4.31 Å². The molecule has 1 rings (SSSR count). The van der Waals surface area contributed by atoms with E-state index in [2.05, 4.69) is 4.99 Å². The number of hydrogen-bond acceptors (Lipinski definition) is 4. The molecule has 1 aliphatic heterocycles. The Balaban J connectivity index is 2.91. The zero-order chi connectivity index (χ0) is 8.48. The van der Waals surface area contributed by atoms with Crippen molar-refractivity contribution >= 4 is 16.5 Å². The zero-order valence-electron chi connectivity index (χ0n) is 5.32. The van der Waals surface area contributed by atoms with E-state index in [1.165, 1.54) is 12.3 Å². The number of allylic oxidation sites excluding steroid dienone is 1.